The maximum Gasteiger partial charge on any atom is 0.325 e. The second-order valence-corrected chi connectivity index (χ2v) is 6.44. The summed E-state index contributed by atoms with van der Waals surface area (Å²) in [6, 6.07) is 6.71. The second kappa shape index (κ2) is 6.00. The highest BCUT2D eigenvalue weighted by Crippen LogP contribution is 2.28. The van der Waals surface area contributed by atoms with Crippen LogP contribution in [0.1, 0.15) is 18.1 Å². The van der Waals surface area contributed by atoms with Crippen molar-refractivity contribution in [3.63, 3.8) is 0 Å². The van der Waals surface area contributed by atoms with Crippen LogP contribution in [0.3, 0.4) is 0 Å². The minimum Gasteiger partial charge on any atom is -0.319 e. The third kappa shape index (κ3) is 2.85. The summed E-state index contributed by atoms with van der Waals surface area (Å²) in [6.45, 7) is 3.18. The SMILES string of the molecule is Cc1ccc(C2(C)NC(=O)N(CC(=O)Nc3nncs3)C2=O)cc1. The number of rotatable bonds is 4. The Hall–Kier alpha value is -2.81. The average Bonchev–Trinajstić information content (AvgIpc) is 3.11. The summed E-state index contributed by atoms with van der Waals surface area (Å²) in [5.74, 6) is -0.979. The molecule has 3 rings (SSSR count). The van der Waals surface area contributed by atoms with Gasteiger partial charge in [-0.05, 0) is 19.4 Å². The molecule has 8 nitrogen and oxygen atoms in total. The summed E-state index contributed by atoms with van der Waals surface area (Å²) in [4.78, 5) is 37.8. The van der Waals surface area contributed by atoms with Gasteiger partial charge in [0.15, 0.2) is 0 Å². The molecule has 1 atom stereocenters. The molecule has 0 spiro atoms. The molecule has 1 aliphatic rings. The first-order chi connectivity index (χ1) is 11.4. The number of hydrogen-bond acceptors (Lipinski definition) is 6. The van der Waals surface area contributed by atoms with Crippen molar-refractivity contribution in [3.8, 4) is 0 Å². The number of benzene rings is 1. The predicted molar refractivity (Wildman–Crippen MR) is 87.3 cm³/mol. The van der Waals surface area contributed by atoms with E-state index < -0.39 is 23.4 Å². The molecular formula is C15H15N5O3S. The van der Waals surface area contributed by atoms with Crippen LogP contribution in [0.25, 0.3) is 0 Å². The highest BCUT2D eigenvalue weighted by atomic mass is 32.1. The van der Waals surface area contributed by atoms with E-state index in [0.29, 0.717) is 10.7 Å². The standard InChI is InChI=1S/C15H15N5O3S/c1-9-3-5-10(6-4-9)15(2)12(22)20(14(23)18-15)7-11(21)17-13-19-16-8-24-13/h3-6,8H,7H2,1-2H3,(H,18,23)(H,17,19,21). The van der Waals surface area contributed by atoms with Crippen LogP contribution in [0.2, 0.25) is 0 Å². The quantitative estimate of drug-likeness (QED) is 0.812. The molecule has 1 aromatic carbocycles. The third-order valence-electron chi connectivity index (χ3n) is 3.81. The first-order valence-electron chi connectivity index (χ1n) is 7.17. The summed E-state index contributed by atoms with van der Waals surface area (Å²) in [5.41, 5.74) is 2.00. The Morgan fingerprint density at radius 2 is 2.04 bits per heavy atom. The van der Waals surface area contributed by atoms with E-state index in [4.69, 9.17) is 0 Å². The number of aromatic nitrogens is 2. The molecule has 24 heavy (non-hydrogen) atoms. The number of urea groups is 1. The molecule has 1 aliphatic heterocycles. The minimum absolute atomic E-state index is 0.313. The summed E-state index contributed by atoms with van der Waals surface area (Å²) < 4.78 is 0. The number of imide groups is 1. The molecule has 124 valence electrons. The van der Waals surface area contributed by atoms with Gasteiger partial charge in [0.1, 0.15) is 17.6 Å². The van der Waals surface area contributed by atoms with Crippen LogP contribution in [0, 0.1) is 6.92 Å². The minimum atomic E-state index is -1.19. The topological polar surface area (TPSA) is 104 Å². The van der Waals surface area contributed by atoms with E-state index in [9.17, 15) is 14.4 Å². The van der Waals surface area contributed by atoms with Crippen molar-refractivity contribution < 1.29 is 14.4 Å². The van der Waals surface area contributed by atoms with E-state index in [1.54, 1.807) is 19.1 Å². The van der Waals surface area contributed by atoms with Gasteiger partial charge in [0.25, 0.3) is 5.91 Å². The van der Waals surface area contributed by atoms with Gasteiger partial charge in [0, 0.05) is 0 Å². The Bertz CT molecular complexity index is 790. The van der Waals surface area contributed by atoms with Crippen LogP contribution < -0.4 is 10.6 Å². The smallest absolute Gasteiger partial charge is 0.319 e. The summed E-state index contributed by atoms with van der Waals surface area (Å²) in [6.07, 6.45) is 0. The van der Waals surface area contributed by atoms with Gasteiger partial charge in [0.05, 0.1) is 0 Å². The highest BCUT2D eigenvalue weighted by molar-refractivity contribution is 7.13. The first kappa shape index (κ1) is 16.1. The molecule has 0 radical (unpaired) electrons. The average molecular weight is 345 g/mol. The van der Waals surface area contributed by atoms with Gasteiger partial charge in [-0.1, -0.05) is 41.2 Å². The molecule has 1 saturated heterocycles. The molecule has 2 heterocycles. The molecule has 4 amide bonds. The Balaban J connectivity index is 1.76. The molecular weight excluding hydrogens is 330 g/mol. The maximum absolute atomic E-state index is 12.7. The largest absolute Gasteiger partial charge is 0.325 e. The first-order valence-corrected chi connectivity index (χ1v) is 8.05. The molecule has 1 fully saturated rings. The van der Waals surface area contributed by atoms with Gasteiger partial charge >= 0.3 is 6.03 Å². The normalized spacial score (nSPS) is 20.2. The molecule has 0 saturated carbocycles. The lowest BCUT2D eigenvalue weighted by Gasteiger charge is -2.22. The number of nitrogens with one attached hydrogen (secondary N) is 2. The van der Waals surface area contributed by atoms with Crippen molar-refractivity contribution in [1.29, 1.82) is 0 Å². The fourth-order valence-electron chi connectivity index (χ4n) is 2.45. The second-order valence-electron chi connectivity index (χ2n) is 5.60. The summed E-state index contributed by atoms with van der Waals surface area (Å²) in [7, 11) is 0. The molecule has 2 N–H and O–H groups in total. The third-order valence-corrected chi connectivity index (χ3v) is 4.42. The molecule has 0 aliphatic carbocycles. The zero-order valence-electron chi connectivity index (χ0n) is 13.1. The van der Waals surface area contributed by atoms with E-state index in [1.165, 1.54) is 5.51 Å². The van der Waals surface area contributed by atoms with Gasteiger partial charge in [-0.25, -0.2) is 4.79 Å². The summed E-state index contributed by atoms with van der Waals surface area (Å²) >= 11 is 1.15. The number of amides is 4. The maximum atomic E-state index is 12.7. The van der Waals surface area contributed by atoms with Crippen molar-refractivity contribution in [2.75, 3.05) is 11.9 Å². The highest BCUT2D eigenvalue weighted by Gasteiger charge is 2.49. The van der Waals surface area contributed by atoms with E-state index in [0.717, 1.165) is 21.8 Å². The van der Waals surface area contributed by atoms with Crippen molar-refractivity contribution >= 4 is 34.3 Å². The fourth-order valence-corrected chi connectivity index (χ4v) is 2.91. The van der Waals surface area contributed by atoms with Crippen LogP contribution in [0.15, 0.2) is 29.8 Å². The lowest BCUT2D eigenvalue weighted by molar-refractivity contribution is -0.133. The molecule has 1 aromatic heterocycles. The van der Waals surface area contributed by atoms with Crippen molar-refractivity contribution in [2.45, 2.75) is 19.4 Å². The van der Waals surface area contributed by atoms with Crippen molar-refractivity contribution in [1.82, 2.24) is 20.4 Å². The number of hydrogen-bond donors (Lipinski definition) is 2. The van der Waals surface area contributed by atoms with Gasteiger partial charge < -0.3 is 5.32 Å². The van der Waals surface area contributed by atoms with Gasteiger partial charge in [-0.3, -0.25) is 19.8 Å². The van der Waals surface area contributed by atoms with Gasteiger partial charge in [0.2, 0.25) is 11.0 Å². The molecule has 2 aromatic rings. The van der Waals surface area contributed by atoms with Crippen LogP contribution in [0.4, 0.5) is 9.93 Å². The van der Waals surface area contributed by atoms with Gasteiger partial charge in [-0.15, -0.1) is 10.2 Å². The predicted octanol–water partition coefficient (Wildman–Crippen LogP) is 1.25. The zero-order valence-corrected chi connectivity index (χ0v) is 13.9. The Labute approximate surface area is 141 Å². The Morgan fingerprint density at radius 3 is 2.67 bits per heavy atom. The number of anilines is 1. The monoisotopic (exact) mass is 345 g/mol. The van der Waals surface area contributed by atoms with E-state index in [2.05, 4.69) is 20.8 Å². The zero-order chi connectivity index (χ0) is 17.3. The molecule has 0 bridgehead atoms. The lowest BCUT2D eigenvalue weighted by atomic mass is 9.91. The van der Waals surface area contributed by atoms with Gasteiger partial charge in [-0.2, -0.15) is 0 Å². The Morgan fingerprint density at radius 1 is 1.33 bits per heavy atom. The van der Waals surface area contributed by atoms with Crippen LogP contribution in [0.5, 0.6) is 0 Å². The number of carbonyl (C=O) groups is 3. The number of carbonyl (C=O) groups excluding carboxylic acids is 3. The number of nitrogens with zero attached hydrogens (tertiary/aromatic N) is 3. The van der Waals surface area contributed by atoms with Crippen molar-refractivity contribution in [2.24, 2.45) is 0 Å². The molecule has 1 unspecified atom stereocenters. The summed E-state index contributed by atoms with van der Waals surface area (Å²) in [5, 5.41) is 12.8. The lowest BCUT2D eigenvalue weighted by Crippen LogP contribution is -2.42. The van der Waals surface area contributed by atoms with Crippen LogP contribution in [-0.4, -0.2) is 39.5 Å². The Kier molecular flexibility index (Phi) is 4.02. The van der Waals surface area contributed by atoms with Crippen LogP contribution >= 0.6 is 11.3 Å². The van der Waals surface area contributed by atoms with Crippen LogP contribution in [-0.2, 0) is 15.1 Å². The van der Waals surface area contributed by atoms with E-state index in [1.807, 2.05) is 19.1 Å². The van der Waals surface area contributed by atoms with E-state index in [-0.39, 0.29) is 6.54 Å². The van der Waals surface area contributed by atoms with Crippen molar-refractivity contribution in [3.05, 3.63) is 40.9 Å². The fraction of sp³-hybridized carbons (Fsp3) is 0.267. The molecule has 9 heteroatoms. The van der Waals surface area contributed by atoms with E-state index >= 15 is 0 Å². The number of aryl methyl sites for hydroxylation is 1.